The average molecular weight is 305 g/mol. The molecule has 0 aliphatic heterocycles. The second-order valence-corrected chi connectivity index (χ2v) is 9.07. The highest BCUT2D eigenvalue weighted by Crippen LogP contribution is 2.38. The number of aromatic hydroxyl groups is 1. The first-order valence-electron chi connectivity index (χ1n) is 8.80. The van der Waals surface area contributed by atoms with E-state index in [0.29, 0.717) is 11.2 Å². The first-order valence-corrected chi connectivity index (χ1v) is 8.80. The van der Waals surface area contributed by atoms with Gasteiger partial charge in [0.15, 0.2) is 0 Å². The normalized spacial score (nSPS) is 17.2. The molecule has 2 rings (SSSR count). The zero-order valence-electron chi connectivity index (χ0n) is 15.7. The lowest BCUT2D eigenvalue weighted by Gasteiger charge is -2.34. The molecule has 0 heterocycles. The summed E-state index contributed by atoms with van der Waals surface area (Å²) in [5.41, 5.74) is 1.56. The SMILES string of the molecule is CC(C)(C)c1ccccc1O.CC(CC1CCC1)C(C)(C)C. The Morgan fingerprint density at radius 2 is 1.59 bits per heavy atom. The predicted octanol–water partition coefficient (Wildman–Crippen LogP) is 6.55. The van der Waals surface area contributed by atoms with Crippen LogP contribution in [0.5, 0.6) is 5.75 Å². The summed E-state index contributed by atoms with van der Waals surface area (Å²) in [5.74, 6) is 2.36. The smallest absolute Gasteiger partial charge is 0.119 e. The van der Waals surface area contributed by atoms with Gasteiger partial charge in [-0.3, -0.25) is 0 Å². The molecule has 1 aromatic carbocycles. The molecule has 126 valence electrons. The molecule has 0 saturated heterocycles. The second kappa shape index (κ2) is 7.53. The van der Waals surface area contributed by atoms with Crippen LogP contribution in [0.15, 0.2) is 24.3 Å². The van der Waals surface area contributed by atoms with Gasteiger partial charge in [0, 0.05) is 0 Å². The molecule has 1 unspecified atom stereocenters. The van der Waals surface area contributed by atoms with Gasteiger partial charge in [-0.15, -0.1) is 0 Å². The van der Waals surface area contributed by atoms with E-state index >= 15 is 0 Å². The average Bonchev–Trinajstić information content (AvgIpc) is 2.32. The van der Waals surface area contributed by atoms with E-state index in [9.17, 15) is 5.11 Å². The third-order valence-corrected chi connectivity index (χ3v) is 5.10. The maximum atomic E-state index is 9.45. The highest BCUT2D eigenvalue weighted by Gasteiger charge is 2.26. The first kappa shape index (κ1) is 19.1. The van der Waals surface area contributed by atoms with Crippen molar-refractivity contribution in [3.05, 3.63) is 29.8 Å². The number of phenolic OH excluding ortho intramolecular Hbond substituents is 1. The minimum atomic E-state index is 0.0331. The van der Waals surface area contributed by atoms with Crippen LogP contribution in [0.2, 0.25) is 0 Å². The van der Waals surface area contributed by atoms with E-state index in [1.165, 1.54) is 25.7 Å². The summed E-state index contributed by atoms with van der Waals surface area (Å²) in [6.45, 7) is 15.7. The molecule has 22 heavy (non-hydrogen) atoms. The topological polar surface area (TPSA) is 20.2 Å². The van der Waals surface area contributed by atoms with E-state index in [4.69, 9.17) is 0 Å². The molecule has 1 heteroatoms. The molecule has 1 aliphatic carbocycles. The second-order valence-electron chi connectivity index (χ2n) is 9.07. The Morgan fingerprint density at radius 3 is 1.91 bits per heavy atom. The van der Waals surface area contributed by atoms with E-state index in [1.54, 1.807) is 6.07 Å². The van der Waals surface area contributed by atoms with Gasteiger partial charge in [-0.1, -0.05) is 85.9 Å². The fourth-order valence-corrected chi connectivity index (χ4v) is 2.69. The molecule has 0 bridgehead atoms. The predicted molar refractivity (Wildman–Crippen MR) is 97.4 cm³/mol. The summed E-state index contributed by atoms with van der Waals surface area (Å²) in [7, 11) is 0. The van der Waals surface area contributed by atoms with E-state index in [1.807, 2.05) is 18.2 Å². The van der Waals surface area contributed by atoms with Crippen LogP contribution in [0.1, 0.15) is 79.7 Å². The Morgan fingerprint density at radius 1 is 1.05 bits per heavy atom. The van der Waals surface area contributed by atoms with E-state index in [2.05, 4.69) is 48.5 Å². The van der Waals surface area contributed by atoms with Gasteiger partial charge in [0.2, 0.25) is 0 Å². The molecule has 1 fully saturated rings. The zero-order valence-corrected chi connectivity index (χ0v) is 15.7. The monoisotopic (exact) mass is 304 g/mol. The fourth-order valence-electron chi connectivity index (χ4n) is 2.69. The van der Waals surface area contributed by atoms with Crippen LogP contribution in [0, 0.1) is 17.3 Å². The van der Waals surface area contributed by atoms with Crippen molar-refractivity contribution in [1.29, 1.82) is 0 Å². The molecule has 1 aliphatic rings. The van der Waals surface area contributed by atoms with Crippen molar-refractivity contribution in [2.45, 2.75) is 79.6 Å². The van der Waals surface area contributed by atoms with Gasteiger partial charge in [-0.25, -0.2) is 0 Å². The molecule has 1 nitrogen and oxygen atoms in total. The Kier molecular flexibility index (Phi) is 6.52. The first-order chi connectivity index (χ1) is 10.0. The Labute approximate surface area is 138 Å². The zero-order chi connectivity index (χ0) is 17.0. The minimum Gasteiger partial charge on any atom is -0.508 e. The van der Waals surface area contributed by atoms with Gasteiger partial charge in [0.25, 0.3) is 0 Å². The number of rotatable bonds is 2. The van der Waals surface area contributed by atoms with Gasteiger partial charge in [-0.2, -0.15) is 0 Å². The van der Waals surface area contributed by atoms with Crippen LogP contribution in [0.3, 0.4) is 0 Å². The molecular formula is C21H36O. The molecule has 1 aromatic rings. The third kappa shape index (κ3) is 6.02. The van der Waals surface area contributed by atoms with Crippen molar-refractivity contribution >= 4 is 0 Å². The summed E-state index contributed by atoms with van der Waals surface area (Å²) in [4.78, 5) is 0. The highest BCUT2D eigenvalue weighted by molar-refractivity contribution is 5.36. The number of hydrogen-bond donors (Lipinski definition) is 1. The molecule has 0 amide bonds. The molecule has 0 spiro atoms. The summed E-state index contributed by atoms with van der Waals surface area (Å²) in [6.07, 6.45) is 5.95. The minimum absolute atomic E-state index is 0.0331. The fraction of sp³-hybridized carbons (Fsp3) is 0.714. The lowest BCUT2D eigenvalue weighted by atomic mass is 9.72. The van der Waals surface area contributed by atoms with Crippen molar-refractivity contribution < 1.29 is 5.11 Å². The van der Waals surface area contributed by atoms with Crippen molar-refractivity contribution in [3.63, 3.8) is 0 Å². The Balaban J connectivity index is 0.000000220. The standard InChI is InChI=1S/C11H22.C10H14O/c1-9(11(2,3)4)8-10-6-5-7-10;1-10(2,3)8-6-4-5-7-9(8)11/h9-10H,5-8H2,1-4H3;4-7,11H,1-3H3. The molecule has 1 saturated carbocycles. The van der Waals surface area contributed by atoms with Crippen LogP contribution >= 0.6 is 0 Å². The number of hydrogen-bond acceptors (Lipinski definition) is 1. The maximum Gasteiger partial charge on any atom is 0.119 e. The quantitative estimate of drug-likeness (QED) is 0.657. The van der Waals surface area contributed by atoms with E-state index in [0.717, 1.165) is 17.4 Å². The van der Waals surface area contributed by atoms with Crippen molar-refractivity contribution in [3.8, 4) is 5.75 Å². The van der Waals surface area contributed by atoms with Gasteiger partial charge in [-0.05, 0) is 40.7 Å². The van der Waals surface area contributed by atoms with Crippen molar-refractivity contribution in [2.75, 3.05) is 0 Å². The third-order valence-electron chi connectivity index (χ3n) is 5.10. The largest absolute Gasteiger partial charge is 0.508 e. The highest BCUT2D eigenvalue weighted by atomic mass is 16.3. The van der Waals surface area contributed by atoms with Crippen molar-refractivity contribution in [2.24, 2.45) is 17.3 Å². The maximum absolute atomic E-state index is 9.45. The van der Waals surface area contributed by atoms with Crippen LogP contribution in [0.25, 0.3) is 0 Å². The lowest BCUT2D eigenvalue weighted by Crippen LogP contribution is -2.23. The van der Waals surface area contributed by atoms with Gasteiger partial charge in [0.05, 0.1) is 0 Å². The summed E-state index contributed by atoms with van der Waals surface area (Å²) >= 11 is 0. The number of benzene rings is 1. The number of phenols is 1. The van der Waals surface area contributed by atoms with Gasteiger partial charge < -0.3 is 5.11 Å². The summed E-state index contributed by atoms with van der Waals surface area (Å²) in [6, 6.07) is 7.46. The molecule has 1 N–H and O–H groups in total. The number of para-hydroxylation sites is 1. The lowest BCUT2D eigenvalue weighted by molar-refractivity contribution is 0.171. The Bertz CT molecular complexity index is 444. The van der Waals surface area contributed by atoms with Crippen LogP contribution in [-0.2, 0) is 5.41 Å². The summed E-state index contributed by atoms with van der Waals surface area (Å²) in [5, 5.41) is 9.45. The van der Waals surface area contributed by atoms with E-state index in [-0.39, 0.29) is 5.41 Å². The molecule has 1 atom stereocenters. The van der Waals surface area contributed by atoms with Gasteiger partial charge >= 0.3 is 0 Å². The van der Waals surface area contributed by atoms with Crippen LogP contribution < -0.4 is 0 Å². The molecule has 0 radical (unpaired) electrons. The Hall–Kier alpha value is -0.980. The summed E-state index contributed by atoms with van der Waals surface area (Å²) < 4.78 is 0. The van der Waals surface area contributed by atoms with E-state index < -0.39 is 0 Å². The van der Waals surface area contributed by atoms with Crippen molar-refractivity contribution in [1.82, 2.24) is 0 Å². The molecule has 0 aromatic heterocycles. The van der Waals surface area contributed by atoms with Crippen LogP contribution in [0.4, 0.5) is 0 Å². The van der Waals surface area contributed by atoms with Gasteiger partial charge in [0.1, 0.15) is 5.75 Å². The van der Waals surface area contributed by atoms with Crippen LogP contribution in [-0.4, -0.2) is 5.11 Å². The molecular weight excluding hydrogens is 268 g/mol.